The largest absolute Gasteiger partial charge is 0.464 e. The van der Waals surface area contributed by atoms with E-state index in [1.165, 1.54) is 0 Å². The maximum absolute atomic E-state index is 11.7. The highest BCUT2D eigenvalue weighted by atomic mass is 16.6. The summed E-state index contributed by atoms with van der Waals surface area (Å²) in [6, 6.07) is 18.2. The zero-order valence-electron chi connectivity index (χ0n) is 13.0. The van der Waals surface area contributed by atoms with Crippen molar-refractivity contribution in [3.05, 3.63) is 70.8 Å². The number of hydrogen-bond donors (Lipinski definition) is 0. The summed E-state index contributed by atoms with van der Waals surface area (Å²) in [5.41, 5.74) is 1.65. The van der Waals surface area contributed by atoms with E-state index in [1.54, 1.807) is 24.3 Å². The van der Waals surface area contributed by atoms with Crippen molar-refractivity contribution in [2.75, 3.05) is 6.61 Å². The maximum atomic E-state index is 11.7. The molecule has 0 aliphatic rings. The summed E-state index contributed by atoms with van der Waals surface area (Å²) < 4.78 is 5.42. The van der Waals surface area contributed by atoms with Gasteiger partial charge in [0.2, 0.25) is 0 Å². The molecular formula is C18H15N3O3. The minimum atomic E-state index is -0.444. The molecule has 0 spiro atoms. The van der Waals surface area contributed by atoms with Crippen molar-refractivity contribution in [1.82, 2.24) is 9.97 Å². The van der Waals surface area contributed by atoms with Crippen LogP contribution in [-0.4, -0.2) is 21.5 Å². The molecule has 0 saturated carbocycles. The van der Waals surface area contributed by atoms with Gasteiger partial charge in [-0.3, -0.25) is 10.1 Å². The summed E-state index contributed by atoms with van der Waals surface area (Å²) in [7, 11) is 0. The molecule has 0 amide bonds. The van der Waals surface area contributed by atoms with E-state index in [-0.39, 0.29) is 23.1 Å². The molecule has 0 bridgehead atoms. The summed E-state index contributed by atoms with van der Waals surface area (Å²) in [4.78, 5) is 19.8. The van der Waals surface area contributed by atoms with E-state index in [2.05, 4.69) is 9.97 Å². The fourth-order valence-electron chi connectivity index (χ4n) is 2.40. The van der Waals surface area contributed by atoms with Gasteiger partial charge in [0.15, 0.2) is 11.4 Å². The Kier molecular flexibility index (Phi) is 4.47. The molecule has 0 aliphatic heterocycles. The van der Waals surface area contributed by atoms with Crippen LogP contribution >= 0.6 is 0 Å². The smallest absolute Gasteiger partial charge is 0.321 e. The molecule has 0 radical (unpaired) electrons. The lowest BCUT2D eigenvalue weighted by molar-refractivity contribution is -0.383. The molecule has 3 rings (SSSR count). The van der Waals surface area contributed by atoms with E-state index in [4.69, 9.17) is 4.74 Å². The quantitative estimate of drug-likeness (QED) is 0.522. The first kappa shape index (κ1) is 15.6. The highest BCUT2D eigenvalue weighted by Crippen LogP contribution is 2.37. The Balaban J connectivity index is 2.31. The number of benzene rings is 2. The maximum Gasteiger partial charge on any atom is 0.321 e. The van der Waals surface area contributed by atoms with Crippen molar-refractivity contribution < 1.29 is 9.66 Å². The molecule has 0 saturated heterocycles. The van der Waals surface area contributed by atoms with Crippen LogP contribution in [0.1, 0.15) is 6.92 Å². The van der Waals surface area contributed by atoms with Crippen LogP contribution < -0.4 is 4.74 Å². The van der Waals surface area contributed by atoms with Crippen LogP contribution in [0, 0.1) is 10.1 Å². The van der Waals surface area contributed by atoms with Gasteiger partial charge in [0, 0.05) is 11.1 Å². The summed E-state index contributed by atoms with van der Waals surface area (Å²) >= 11 is 0. The van der Waals surface area contributed by atoms with E-state index in [9.17, 15) is 10.1 Å². The fraction of sp³-hybridized carbons (Fsp3) is 0.111. The minimum Gasteiger partial charge on any atom is -0.464 e. The number of rotatable bonds is 5. The van der Waals surface area contributed by atoms with Crippen LogP contribution in [0.5, 0.6) is 6.01 Å². The lowest BCUT2D eigenvalue weighted by Crippen LogP contribution is -2.05. The number of hydrogen-bond acceptors (Lipinski definition) is 5. The van der Waals surface area contributed by atoms with Crippen molar-refractivity contribution in [1.29, 1.82) is 0 Å². The Bertz CT molecular complexity index is 791. The van der Waals surface area contributed by atoms with E-state index in [0.717, 1.165) is 0 Å². The second kappa shape index (κ2) is 6.87. The van der Waals surface area contributed by atoms with Gasteiger partial charge in [-0.2, -0.15) is 9.97 Å². The molecule has 0 aliphatic carbocycles. The number of ether oxygens (including phenoxy) is 1. The third-order valence-electron chi connectivity index (χ3n) is 3.41. The molecule has 1 heterocycles. The number of nitrogens with zero attached hydrogens (tertiary/aromatic N) is 3. The fourth-order valence-corrected chi connectivity index (χ4v) is 2.40. The molecule has 0 N–H and O–H groups in total. The van der Waals surface area contributed by atoms with E-state index < -0.39 is 4.92 Å². The lowest BCUT2D eigenvalue weighted by Gasteiger charge is -2.10. The van der Waals surface area contributed by atoms with Crippen LogP contribution in [0.3, 0.4) is 0 Å². The third kappa shape index (κ3) is 3.08. The molecule has 3 aromatic rings. The monoisotopic (exact) mass is 321 g/mol. The normalized spacial score (nSPS) is 10.4. The first-order valence-corrected chi connectivity index (χ1v) is 7.50. The predicted molar refractivity (Wildman–Crippen MR) is 90.7 cm³/mol. The minimum absolute atomic E-state index is 0.126. The molecule has 0 fully saturated rings. The highest BCUT2D eigenvalue weighted by molar-refractivity contribution is 5.81. The Morgan fingerprint density at radius 2 is 1.38 bits per heavy atom. The molecule has 24 heavy (non-hydrogen) atoms. The Hall–Kier alpha value is -3.28. The van der Waals surface area contributed by atoms with Crippen LogP contribution in [0.25, 0.3) is 22.5 Å². The van der Waals surface area contributed by atoms with E-state index >= 15 is 0 Å². The summed E-state index contributed by atoms with van der Waals surface area (Å²) in [5, 5.41) is 11.7. The average Bonchev–Trinajstić information content (AvgIpc) is 2.62. The van der Waals surface area contributed by atoms with Crippen molar-refractivity contribution in [2.24, 2.45) is 0 Å². The van der Waals surface area contributed by atoms with Gasteiger partial charge in [-0.25, -0.2) is 0 Å². The molecule has 0 atom stereocenters. The van der Waals surface area contributed by atoms with Crippen LogP contribution in [0.2, 0.25) is 0 Å². The van der Waals surface area contributed by atoms with Gasteiger partial charge >= 0.3 is 11.7 Å². The van der Waals surface area contributed by atoms with Gasteiger partial charge in [-0.15, -0.1) is 0 Å². The zero-order valence-corrected chi connectivity index (χ0v) is 13.0. The number of aromatic nitrogens is 2. The van der Waals surface area contributed by atoms with E-state index in [0.29, 0.717) is 17.7 Å². The van der Waals surface area contributed by atoms with Crippen LogP contribution in [-0.2, 0) is 0 Å². The first-order valence-electron chi connectivity index (χ1n) is 7.50. The molecule has 2 aromatic carbocycles. The third-order valence-corrected chi connectivity index (χ3v) is 3.41. The summed E-state index contributed by atoms with van der Waals surface area (Å²) in [6.45, 7) is 2.19. The predicted octanol–water partition coefficient (Wildman–Crippen LogP) is 4.12. The SMILES string of the molecule is CCOc1nc(-c2ccccc2)c([N+](=O)[O-])c(-c2ccccc2)n1. The average molecular weight is 321 g/mol. The molecular weight excluding hydrogens is 306 g/mol. The second-order valence-electron chi connectivity index (χ2n) is 4.97. The Morgan fingerprint density at radius 1 is 0.917 bits per heavy atom. The van der Waals surface area contributed by atoms with Crippen molar-refractivity contribution in [2.45, 2.75) is 6.92 Å². The summed E-state index contributed by atoms with van der Waals surface area (Å²) in [5.74, 6) is 0. The zero-order chi connectivity index (χ0) is 16.9. The summed E-state index contributed by atoms with van der Waals surface area (Å²) in [6.07, 6.45) is 0. The van der Waals surface area contributed by atoms with Crippen LogP contribution in [0.15, 0.2) is 60.7 Å². The van der Waals surface area contributed by atoms with Gasteiger partial charge in [0.25, 0.3) is 0 Å². The molecule has 120 valence electrons. The van der Waals surface area contributed by atoms with Crippen LogP contribution in [0.4, 0.5) is 5.69 Å². The second-order valence-corrected chi connectivity index (χ2v) is 4.97. The highest BCUT2D eigenvalue weighted by Gasteiger charge is 2.27. The molecule has 6 nitrogen and oxygen atoms in total. The van der Waals surface area contributed by atoms with Gasteiger partial charge in [0.1, 0.15) is 0 Å². The van der Waals surface area contributed by atoms with Gasteiger partial charge in [0.05, 0.1) is 11.5 Å². The standard InChI is InChI=1S/C18H15N3O3/c1-2-24-18-19-15(13-9-5-3-6-10-13)17(21(22)23)16(20-18)14-11-7-4-8-12-14/h3-12H,2H2,1H3. The molecule has 6 heteroatoms. The van der Waals surface area contributed by atoms with Crippen molar-refractivity contribution in [3.63, 3.8) is 0 Å². The van der Waals surface area contributed by atoms with Crippen molar-refractivity contribution in [3.8, 4) is 28.5 Å². The van der Waals surface area contributed by atoms with Gasteiger partial charge < -0.3 is 4.74 Å². The van der Waals surface area contributed by atoms with Crippen molar-refractivity contribution >= 4 is 5.69 Å². The van der Waals surface area contributed by atoms with E-state index in [1.807, 2.05) is 43.3 Å². The Morgan fingerprint density at radius 3 is 1.75 bits per heavy atom. The molecule has 0 unspecified atom stereocenters. The number of nitro groups is 1. The Labute approximate surface area is 138 Å². The lowest BCUT2D eigenvalue weighted by atomic mass is 10.1. The van der Waals surface area contributed by atoms with Gasteiger partial charge in [-0.05, 0) is 6.92 Å². The van der Waals surface area contributed by atoms with Gasteiger partial charge in [-0.1, -0.05) is 60.7 Å². The topological polar surface area (TPSA) is 78.2 Å². The molecule has 1 aromatic heterocycles. The first-order chi connectivity index (χ1) is 11.7.